The molecule has 2 N–H and O–H groups in total. The topological polar surface area (TPSA) is 100 Å². The third kappa shape index (κ3) is 4.92. The van der Waals surface area contributed by atoms with Gasteiger partial charge in [-0.25, -0.2) is 9.78 Å². The third-order valence-electron chi connectivity index (χ3n) is 5.04. The molecule has 31 heavy (non-hydrogen) atoms. The molecule has 1 saturated heterocycles. The van der Waals surface area contributed by atoms with Crippen LogP contribution in [0.3, 0.4) is 0 Å². The number of ether oxygens (including phenoxy) is 1. The quantitative estimate of drug-likeness (QED) is 0.595. The number of hydrogen-bond acceptors (Lipinski definition) is 6. The summed E-state index contributed by atoms with van der Waals surface area (Å²) in [6.07, 6.45) is 6.26. The van der Waals surface area contributed by atoms with Crippen LogP contribution in [0.4, 0.5) is 10.6 Å². The number of anilines is 1. The van der Waals surface area contributed by atoms with Gasteiger partial charge in [-0.15, -0.1) is 17.8 Å². The predicted octanol–water partition coefficient (Wildman–Crippen LogP) is 3.73. The Morgan fingerprint density at radius 1 is 1.29 bits per heavy atom. The second-order valence-electron chi connectivity index (χ2n) is 7.08. The number of carbonyl (C=O) groups is 2. The van der Waals surface area contributed by atoms with Gasteiger partial charge in [0.05, 0.1) is 10.7 Å². The number of benzene rings is 1. The molecule has 3 heterocycles. The first-order valence-electron chi connectivity index (χ1n) is 9.87. The third-order valence-corrected chi connectivity index (χ3v) is 6.05. The maximum atomic E-state index is 12.6. The summed E-state index contributed by atoms with van der Waals surface area (Å²) in [5.74, 6) is 2.64. The van der Waals surface area contributed by atoms with E-state index in [1.807, 2.05) is 30.3 Å². The molecule has 0 unspecified atom stereocenters. The van der Waals surface area contributed by atoms with Gasteiger partial charge >= 0.3 is 6.09 Å². The molecule has 0 spiro atoms. The highest BCUT2D eigenvalue weighted by Gasteiger charge is 2.27. The van der Waals surface area contributed by atoms with Crippen LogP contribution in [0.25, 0.3) is 11.3 Å². The highest BCUT2D eigenvalue weighted by molar-refractivity contribution is 7.10. The summed E-state index contributed by atoms with van der Waals surface area (Å²) in [5, 5.41) is 12.5. The SMILES string of the molecule is C#CCOC(=O)N1CCC(c2nc(C(=O)Nc3cc(-c4ccccc4)[nH]n3)cs2)CC1. The Bertz CT molecular complexity index is 1090. The number of carbonyl (C=O) groups excluding carboxylic acids is 2. The maximum absolute atomic E-state index is 12.6. The molecule has 1 aliphatic heterocycles. The Morgan fingerprint density at radius 3 is 2.81 bits per heavy atom. The minimum atomic E-state index is -0.385. The van der Waals surface area contributed by atoms with Gasteiger partial charge in [0.15, 0.2) is 12.4 Å². The van der Waals surface area contributed by atoms with Crippen LogP contribution in [-0.2, 0) is 4.74 Å². The van der Waals surface area contributed by atoms with Crippen molar-refractivity contribution in [2.45, 2.75) is 18.8 Å². The van der Waals surface area contributed by atoms with E-state index in [1.54, 1.807) is 16.3 Å². The van der Waals surface area contributed by atoms with Gasteiger partial charge in [-0.05, 0) is 18.4 Å². The average molecular weight is 436 g/mol. The van der Waals surface area contributed by atoms with Gasteiger partial charge in [0.1, 0.15) is 5.69 Å². The molecule has 3 aromatic rings. The number of aromatic nitrogens is 3. The van der Waals surface area contributed by atoms with Gasteiger partial charge in [0.25, 0.3) is 5.91 Å². The molecule has 9 heteroatoms. The molecule has 1 aliphatic rings. The number of nitrogens with zero attached hydrogens (tertiary/aromatic N) is 3. The van der Waals surface area contributed by atoms with Crippen molar-refractivity contribution in [1.82, 2.24) is 20.1 Å². The molecule has 0 atom stereocenters. The first-order valence-corrected chi connectivity index (χ1v) is 10.7. The number of terminal acetylenes is 1. The zero-order valence-corrected chi connectivity index (χ0v) is 17.5. The molecule has 0 aliphatic carbocycles. The predicted molar refractivity (Wildman–Crippen MR) is 118 cm³/mol. The molecule has 0 saturated carbocycles. The van der Waals surface area contributed by atoms with E-state index in [0.29, 0.717) is 24.6 Å². The molecule has 2 aromatic heterocycles. The minimum Gasteiger partial charge on any atom is -0.436 e. The van der Waals surface area contributed by atoms with Gasteiger partial charge in [0, 0.05) is 30.5 Å². The van der Waals surface area contributed by atoms with Crippen molar-refractivity contribution >= 4 is 29.2 Å². The summed E-state index contributed by atoms with van der Waals surface area (Å²) in [4.78, 5) is 30.7. The van der Waals surface area contributed by atoms with Gasteiger partial charge in [-0.1, -0.05) is 36.3 Å². The van der Waals surface area contributed by atoms with Gasteiger partial charge in [-0.2, -0.15) is 5.10 Å². The van der Waals surface area contributed by atoms with Crippen molar-refractivity contribution in [2.24, 2.45) is 0 Å². The number of likely N-dealkylation sites (tertiary alicyclic amines) is 1. The number of aromatic amines is 1. The number of hydrogen-bond donors (Lipinski definition) is 2. The Hall–Kier alpha value is -3.64. The van der Waals surface area contributed by atoms with Crippen LogP contribution in [0.1, 0.15) is 34.3 Å². The highest BCUT2D eigenvalue weighted by Crippen LogP contribution is 2.30. The summed E-state index contributed by atoms with van der Waals surface area (Å²) < 4.78 is 4.97. The van der Waals surface area contributed by atoms with Crippen LogP contribution < -0.4 is 5.32 Å². The Labute approximate surface area is 183 Å². The molecular weight excluding hydrogens is 414 g/mol. The van der Waals surface area contributed by atoms with Crippen molar-refractivity contribution in [3.05, 3.63) is 52.5 Å². The molecule has 8 nitrogen and oxygen atoms in total. The van der Waals surface area contributed by atoms with Crippen molar-refractivity contribution < 1.29 is 14.3 Å². The zero-order chi connectivity index (χ0) is 21.6. The second kappa shape index (κ2) is 9.45. The highest BCUT2D eigenvalue weighted by atomic mass is 32.1. The summed E-state index contributed by atoms with van der Waals surface area (Å²) in [7, 11) is 0. The number of H-pyrrole nitrogens is 1. The number of rotatable bonds is 5. The maximum Gasteiger partial charge on any atom is 0.410 e. The van der Waals surface area contributed by atoms with Gasteiger partial charge in [0.2, 0.25) is 0 Å². The van der Waals surface area contributed by atoms with Crippen LogP contribution in [0.15, 0.2) is 41.8 Å². The molecule has 1 fully saturated rings. The summed E-state index contributed by atoms with van der Waals surface area (Å²) in [5.41, 5.74) is 2.17. The molecule has 0 radical (unpaired) electrons. The lowest BCUT2D eigenvalue weighted by Gasteiger charge is -2.30. The summed E-state index contributed by atoms with van der Waals surface area (Å²) in [6.45, 7) is 1.13. The lowest BCUT2D eigenvalue weighted by Crippen LogP contribution is -2.38. The minimum absolute atomic E-state index is 0.0213. The van der Waals surface area contributed by atoms with Crippen molar-refractivity contribution in [3.63, 3.8) is 0 Å². The monoisotopic (exact) mass is 435 g/mol. The van der Waals surface area contributed by atoms with Crippen LogP contribution in [0.2, 0.25) is 0 Å². The molecule has 2 amide bonds. The summed E-state index contributed by atoms with van der Waals surface area (Å²) in [6, 6.07) is 11.5. The average Bonchev–Trinajstić information content (AvgIpc) is 3.48. The molecule has 1 aromatic carbocycles. The fourth-order valence-corrected chi connectivity index (χ4v) is 4.39. The number of piperidine rings is 1. The van der Waals surface area contributed by atoms with E-state index < -0.39 is 0 Å². The van der Waals surface area contributed by atoms with E-state index in [-0.39, 0.29) is 24.5 Å². The van der Waals surface area contributed by atoms with Crippen LogP contribution in [0.5, 0.6) is 0 Å². The normalized spacial score (nSPS) is 14.1. The van der Waals surface area contributed by atoms with Crippen LogP contribution in [0, 0.1) is 12.3 Å². The van der Waals surface area contributed by atoms with Crippen LogP contribution >= 0.6 is 11.3 Å². The molecule has 0 bridgehead atoms. The van der Waals surface area contributed by atoms with Crippen LogP contribution in [-0.4, -0.2) is 51.8 Å². The van der Waals surface area contributed by atoms with E-state index >= 15 is 0 Å². The van der Waals surface area contributed by atoms with Crippen molar-refractivity contribution in [1.29, 1.82) is 0 Å². The fraction of sp³-hybridized carbons (Fsp3) is 0.273. The Morgan fingerprint density at radius 2 is 2.06 bits per heavy atom. The second-order valence-corrected chi connectivity index (χ2v) is 7.97. The fourth-order valence-electron chi connectivity index (χ4n) is 3.41. The lowest BCUT2D eigenvalue weighted by molar-refractivity contribution is 0.102. The smallest absolute Gasteiger partial charge is 0.410 e. The van der Waals surface area contributed by atoms with Crippen molar-refractivity contribution in [3.8, 4) is 23.6 Å². The number of amides is 2. The van der Waals surface area contributed by atoms with Gasteiger partial charge < -0.3 is 15.0 Å². The van der Waals surface area contributed by atoms with E-state index in [0.717, 1.165) is 29.1 Å². The lowest BCUT2D eigenvalue weighted by atomic mass is 9.98. The largest absolute Gasteiger partial charge is 0.436 e. The standard InChI is InChI=1S/C22H21N5O3S/c1-2-12-30-22(29)27-10-8-16(9-11-27)21-23-18(14-31-21)20(28)24-19-13-17(25-26-19)15-6-4-3-5-7-15/h1,3-7,13-14,16H,8-12H2,(H2,24,25,26,28). The number of nitrogens with one attached hydrogen (secondary N) is 2. The van der Waals surface area contributed by atoms with E-state index in [9.17, 15) is 9.59 Å². The summed E-state index contributed by atoms with van der Waals surface area (Å²) >= 11 is 1.46. The molecular formula is C22H21N5O3S. The first-order chi connectivity index (χ1) is 15.1. The van der Waals surface area contributed by atoms with Gasteiger partial charge in [-0.3, -0.25) is 9.89 Å². The Balaban J connectivity index is 1.33. The molecule has 158 valence electrons. The Kier molecular flexibility index (Phi) is 6.29. The van der Waals surface area contributed by atoms with E-state index in [4.69, 9.17) is 11.2 Å². The van der Waals surface area contributed by atoms with Crippen molar-refractivity contribution in [2.75, 3.05) is 25.0 Å². The zero-order valence-electron chi connectivity index (χ0n) is 16.7. The number of thiazole rings is 1. The van der Waals surface area contributed by atoms with E-state index in [2.05, 4.69) is 26.4 Å². The first kappa shape index (κ1) is 20.6. The van der Waals surface area contributed by atoms with E-state index in [1.165, 1.54) is 11.3 Å². The molecule has 4 rings (SSSR count).